The van der Waals surface area contributed by atoms with Crippen LogP contribution in [0.25, 0.3) is 5.57 Å². The molecule has 1 aromatic carbocycles. The highest BCUT2D eigenvalue weighted by molar-refractivity contribution is 6.35. The Morgan fingerprint density at radius 2 is 1.73 bits per heavy atom. The number of rotatable bonds is 5. The molecule has 3 heterocycles. The van der Waals surface area contributed by atoms with Crippen LogP contribution in [0.1, 0.15) is 31.4 Å². The average Bonchev–Trinajstić information content (AvgIpc) is 2.98. The standard InChI is InChI=1S/C24H27N3O3/c1-16-11-17(2)14-26(13-16)22-21(19-6-8-20(30-3)9-7-19)23(28)27(24(22)29)15-18-5-4-10-25-12-18/h4-10,12,16-17H,11,13-15H2,1-3H3. The molecule has 30 heavy (non-hydrogen) atoms. The number of hydrogen-bond acceptors (Lipinski definition) is 5. The molecular formula is C24H27N3O3. The first-order valence-electron chi connectivity index (χ1n) is 10.4. The number of pyridine rings is 1. The number of imide groups is 1. The molecule has 2 atom stereocenters. The Labute approximate surface area is 177 Å². The normalized spacial score (nSPS) is 22.1. The molecule has 1 aromatic heterocycles. The highest BCUT2D eigenvalue weighted by Crippen LogP contribution is 2.36. The van der Waals surface area contributed by atoms with Gasteiger partial charge in [0.1, 0.15) is 11.4 Å². The van der Waals surface area contributed by atoms with Gasteiger partial charge in [-0.2, -0.15) is 0 Å². The fourth-order valence-electron chi connectivity index (χ4n) is 4.54. The summed E-state index contributed by atoms with van der Waals surface area (Å²) in [7, 11) is 1.61. The Kier molecular flexibility index (Phi) is 5.57. The van der Waals surface area contributed by atoms with Crippen LogP contribution in [0.2, 0.25) is 0 Å². The summed E-state index contributed by atoms with van der Waals surface area (Å²) in [6.45, 7) is 6.17. The molecule has 2 unspecified atom stereocenters. The molecule has 0 spiro atoms. The van der Waals surface area contributed by atoms with Crippen molar-refractivity contribution in [2.45, 2.75) is 26.8 Å². The molecule has 0 N–H and O–H groups in total. The number of piperidine rings is 1. The van der Waals surface area contributed by atoms with Gasteiger partial charge in [0.15, 0.2) is 0 Å². The van der Waals surface area contributed by atoms with E-state index in [-0.39, 0.29) is 18.4 Å². The van der Waals surface area contributed by atoms with Crippen molar-refractivity contribution in [3.8, 4) is 5.75 Å². The maximum Gasteiger partial charge on any atom is 0.278 e. The molecule has 2 amide bonds. The lowest BCUT2D eigenvalue weighted by atomic mass is 9.91. The SMILES string of the molecule is COc1ccc(C2=C(N3CC(C)CC(C)C3)C(=O)N(Cc3cccnc3)C2=O)cc1. The van der Waals surface area contributed by atoms with Crippen molar-refractivity contribution >= 4 is 17.4 Å². The Balaban J connectivity index is 1.75. The number of benzene rings is 1. The van der Waals surface area contributed by atoms with Crippen molar-refractivity contribution in [1.29, 1.82) is 0 Å². The van der Waals surface area contributed by atoms with Gasteiger partial charge in [0.05, 0.1) is 19.2 Å². The van der Waals surface area contributed by atoms with Gasteiger partial charge in [-0.3, -0.25) is 19.5 Å². The van der Waals surface area contributed by atoms with Gasteiger partial charge in [-0.05, 0) is 47.6 Å². The van der Waals surface area contributed by atoms with Gasteiger partial charge in [0.25, 0.3) is 11.8 Å². The van der Waals surface area contributed by atoms with Crippen LogP contribution < -0.4 is 4.74 Å². The van der Waals surface area contributed by atoms with Crippen LogP contribution in [0.3, 0.4) is 0 Å². The summed E-state index contributed by atoms with van der Waals surface area (Å²) >= 11 is 0. The molecule has 2 aromatic rings. The average molecular weight is 405 g/mol. The van der Waals surface area contributed by atoms with E-state index in [0.717, 1.165) is 30.6 Å². The number of likely N-dealkylation sites (tertiary alicyclic amines) is 1. The quantitative estimate of drug-likeness (QED) is 0.714. The minimum absolute atomic E-state index is 0.216. The van der Waals surface area contributed by atoms with Gasteiger partial charge in [-0.25, -0.2) is 0 Å². The van der Waals surface area contributed by atoms with Crippen molar-refractivity contribution in [1.82, 2.24) is 14.8 Å². The van der Waals surface area contributed by atoms with Crippen LogP contribution in [0.15, 0.2) is 54.5 Å². The van der Waals surface area contributed by atoms with Gasteiger partial charge in [-0.15, -0.1) is 0 Å². The van der Waals surface area contributed by atoms with Gasteiger partial charge >= 0.3 is 0 Å². The molecule has 2 aliphatic heterocycles. The monoisotopic (exact) mass is 405 g/mol. The van der Waals surface area contributed by atoms with Crippen molar-refractivity contribution in [3.05, 3.63) is 65.6 Å². The summed E-state index contributed by atoms with van der Waals surface area (Å²) in [4.78, 5) is 34.5. The highest BCUT2D eigenvalue weighted by Gasteiger charge is 2.42. The molecule has 2 aliphatic rings. The fraction of sp³-hybridized carbons (Fsp3) is 0.375. The topological polar surface area (TPSA) is 62.7 Å². The third-order valence-corrected chi connectivity index (χ3v) is 5.77. The first-order chi connectivity index (χ1) is 14.5. The van der Waals surface area contributed by atoms with Gasteiger partial charge in [0.2, 0.25) is 0 Å². The van der Waals surface area contributed by atoms with Crippen LogP contribution in [0, 0.1) is 11.8 Å². The van der Waals surface area contributed by atoms with Gasteiger partial charge in [-0.1, -0.05) is 32.0 Å². The lowest BCUT2D eigenvalue weighted by Gasteiger charge is -2.37. The third kappa shape index (κ3) is 3.82. The number of carbonyl (C=O) groups excluding carboxylic acids is 2. The van der Waals surface area contributed by atoms with Crippen LogP contribution in [0.5, 0.6) is 5.75 Å². The first-order valence-corrected chi connectivity index (χ1v) is 10.4. The van der Waals surface area contributed by atoms with E-state index in [4.69, 9.17) is 4.74 Å². The second kappa shape index (κ2) is 8.30. The molecule has 1 fully saturated rings. The number of amides is 2. The van der Waals surface area contributed by atoms with Gasteiger partial charge in [0, 0.05) is 25.5 Å². The van der Waals surface area contributed by atoms with E-state index in [1.165, 1.54) is 4.90 Å². The van der Waals surface area contributed by atoms with E-state index in [0.29, 0.717) is 28.9 Å². The Hall–Kier alpha value is -3.15. The molecule has 6 heteroatoms. The second-order valence-corrected chi connectivity index (χ2v) is 8.36. The van der Waals surface area contributed by atoms with E-state index < -0.39 is 0 Å². The number of carbonyl (C=O) groups is 2. The van der Waals surface area contributed by atoms with Crippen molar-refractivity contribution in [2.75, 3.05) is 20.2 Å². The Bertz CT molecular complexity index is 959. The number of ether oxygens (including phenoxy) is 1. The number of aromatic nitrogens is 1. The molecule has 0 radical (unpaired) electrons. The smallest absolute Gasteiger partial charge is 0.278 e. The van der Waals surface area contributed by atoms with E-state index in [1.54, 1.807) is 19.5 Å². The summed E-state index contributed by atoms with van der Waals surface area (Å²) in [6, 6.07) is 11.0. The summed E-state index contributed by atoms with van der Waals surface area (Å²) in [5.74, 6) is 1.17. The van der Waals surface area contributed by atoms with E-state index >= 15 is 0 Å². The Morgan fingerprint density at radius 3 is 2.33 bits per heavy atom. The zero-order valence-corrected chi connectivity index (χ0v) is 17.7. The second-order valence-electron chi connectivity index (χ2n) is 8.36. The molecule has 0 saturated carbocycles. The summed E-state index contributed by atoms with van der Waals surface area (Å²) < 4.78 is 5.26. The third-order valence-electron chi connectivity index (χ3n) is 5.77. The van der Waals surface area contributed by atoms with Gasteiger partial charge < -0.3 is 9.64 Å². The molecular weight excluding hydrogens is 378 g/mol. The van der Waals surface area contributed by atoms with Crippen LogP contribution in [-0.4, -0.2) is 46.8 Å². The van der Waals surface area contributed by atoms with Crippen LogP contribution in [-0.2, 0) is 16.1 Å². The summed E-state index contributed by atoms with van der Waals surface area (Å²) in [6.07, 6.45) is 4.50. The highest BCUT2D eigenvalue weighted by atomic mass is 16.5. The van der Waals surface area contributed by atoms with E-state index in [2.05, 4.69) is 23.7 Å². The van der Waals surface area contributed by atoms with Crippen molar-refractivity contribution < 1.29 is 14.3 Å². The molecule has 1 saturated heterocycles. The first kappa shape index (κ1) is 20.1. The molecule has 0 aliphatic carbocycles. The number of methoxy groups -OCH3 is 1. The lowest BCUT2D eigenvalue weighted by Crippen LogP contribution is -2.41. The lowest BCUT2D eigenvalue weighted by molar-refractivity contribution is -0.138. The van der Waals surface area contributed by atoms with E-state index in [1.807, 2.05) is 36.4 Å². The summed E-state index contributed by atoms with van der Waals surface area (Å²) in [5, 5.41) is 0. The minimum atomic E-state index is -0.255. The Morgan fingerprint density at radius 1 is 1.03 bits per heavy atom. The molecule has 156 valence electrons. The predicted octanol–water partition coefficient (Wildman–Crippen LogP) is 3.35. The van der Waals surface area contributed by atoms with Crippen molar-refractivity contribution in [3.63, 3.8) is 0 Å². The summed E-state index contributed by atoms with van der Waals surface area (Å²) in [5.41, 5.74) is 2.57. The molecule has 0 bridgehead atoms. The maximum atomic E-state index is 13.5. The van der Waals surface area contributed by atoms with Crippen LogP contribution in [0.4, 0.5) is 0 Å². The predicted molar refractivity (Wildman–Crippen MR) is 114 cm³/mol. The molecule has 4 rings (SSSR count). The zero-order valence-electron chi connectivity index (χ0n) is 17.7. The van der Waals surface area contributed by atoms with E-state index in [9.17, 15) is 9.59 Å². The maximum absolute atomic E-state index is 13.5. The largest absolute Gasteiger partial charge is 0.497 e. The fourth-order valence-corrected chi connectivity index (χ4v) is 4.54. The van der Waals surface area contributed by atoms with Crippen molar-refractivity contribution in [2.24, 2.45) is 11.8 Å². The number of nitrogens with zero attached hydrogens (tertiary/aromatic N) is 3. The zero-order chi connectivity index (χ0) is 21.3. The molecule has 6 nitrogen and oxygen atoms in total. The van der Waals surface area contributed by atoms with Crippen LogP contribution >= 0.6 is 0 Å². The minimum Gasteiger partial charge on any atom is -0.497 e. The number of hydrogen-bond donors (Lipinski definition) is 0.